The molecule has 5 aromatic carbocycles. The maximum Gasteiger partial charge on any atom is 0.346 e. The molecule has 61 heavy (non-hydrogen) atoms. The number of benzene rings is 5. The van der Waals surface area contributed by atoms with Crippen molar-refractivity contribution in [1.29, 1.82) is 10.5 Å². The number of aliphatic carboxylic acids is 2. The minimum atomic E-state index is -1.40. The lowest BCUT2D eigenvalue weighted by molar-refractivity contribution is -0.133. The molecule has 11 heteroatoms. The Bertz CT molecular complexity index is 2730. The first-order chi connectivity index (χ1) is 29.8. The van der Waals surface area contributed by atoms with E-state index in [1.165, 1.54) is 54.3 Å². The van der Waals surface area contributed by atoms with Crippen LogP contribution in [0.3, 0.4) is 0 Å². The topological polar surface area (TPSA) is 151 Å². The summed E-state index contributed by atoms with van der Waals surface area (Å²) >= 11 is 2.81. The van der Waals surface area contributed by atoms with Crippen molar-refractivity contribution in [3.05, 3.63) is 149 Å². The van der Waals surface area contributed by atoms with Crippen LogP contribution in [-0.2, 0) is 16.0 Å². The molecule has 0 unspecified atom stereocenters. The van der Waals surface area contributed by atoms with Crippen molar-refractivity contribution in [3.8, 4) is 44.1 Å². The molecule has 7 aromatic rings. The van der Waals surface area contributed by atoms with E-state index in [1.54, 1.807) is 35.6 Å². The van der Waals surface area contributed by atoms with Crippen LogP contribution in [0.15, 0.2) is 132 Å². The number of carboxylic acids is 2. The monoisotopic (exact) mass is 839 g/mol. The van der Waals surface area contributed by atoms with Crippen molar-refractivity contribution < 1.29 is 19.8 Å². The molecule has 0 aliphatic carbocycles. The van der Waals surface area contributed by atoms with Crippen molar-refractivity contribution in [2.75, 3.05) is 4.90 Å². The van der Waals surface area contributed by atoms with Gasteiger partial charge in [-0.3, -0.25) is 0 Å². The Hall–Kier alpha value is -7.18. The zero-order valence-electron chi connectivity index (χ0n) is 33.4. The number of fused-ring (bicyclic) bond motifs is 1. The van der Waals surface area contributed by atoms with Gasteiger partial charge in [0.25, 0.3) is 0 Å². The number of rotatable bonds is 17. The van der Waals surface area contributed by atoms with Gasteiger partial charge in [-0.1, -0.05) is 99.7 Å². The first-order valence-electron chi connectivity index (χ1n) is 20.0. The minimum absolute atomic E-state index is 0.342. The van der Waals surface area contributed by atoms with Gasteiger partial charge < -0.3 is 15.1 Å². The molecule has 7 rings (SSSR count). The van der Waals surface area contributed by atoms with Gasteiger partial charge in [0, 0.05) is 37.9 Å². The maximum atomic E-state index is 11.7. The number of carbonyl (C=O) groups is 2. The predicted octanol–water partition coefficient (Wildman–Crippen LogP) is 13.1. The van der Waals surface area contributed by atoms with Crippen LogP contribution < -0.4 is 4.90 Å². The van der Waals surface area contributed by atoms with Crippen molar-refractivity contribution in [1.82, 2.24) is 8.75 Å². The molecular weight excluding hydrogens is 799 g/mol. The normalized spacial score (nSPS) is 11.6. The van der Waals surface area contributed by atoms with Crippen molar-refractivity contribution in [2.24, 2.45) is 0 Å². The molecule has 0 fully saturated rings. The van der Waals surface area contributed by atoms with E-state index in [4.69, 9.17) is 8.75 Å². The second-order valence-electron chi connectivity index (χ2n) is 14.5. The summed E-state index contributed by atoms with van der Waals surface area (Å²) in [5.74, 6) is -2.79. The number of aromatic nitrogens is 2. The molecule has 0 aliphatic heterocycles. The Kier molecular flexibility index (Phi) is 13.6. The molecule has 0 spiro atoms. The molecule has 2 aromatic heterocycles. The van der Waals surface area contributed by atoms with Crippen molar-refractivity contribution >= 4 is 75.3 Å². The Morgan fingerprint density at radius 2 is 1.16 bits per heavy atom. The van der Waals surface area contributed by atoms with Gasteiger partial charge in [-0.05, 0) is 113 Å². The molecule has 0 radical (unpaired) electrons. The van der Waals surface area contributed by atoms with Crippen LogP contribution in [0, 0.1) is 22.7 Å². The van der Waals surface area contributed by atoms with Gasteiger partial charge in [0.15, 0.2) is 0 Å². The lowest BCUT2D eigenvalue weighted by atomic mass is 9.95. The molecule has 2 heterocycles. The number of para-hydroxylation sites is 2. The average Bonchev–Trinajstić information content (AvgIpc) is 3.95. The van der Waals surface area contributed by atoms with E-state index < -0.39 is 23.1 Å². The summed E-state index contributed by atoms with van der Waals surface area (Å²) in [7, 11) is 0. The number of carboxylic acid groups (broad SMARTS) is 2. The lowest BCUT2D eigenvalue weighted by Gasteiger charge is -2.25. The molecule has 0 aliphatic rings. The third kappa shape index (κ3) is 9.83. The SMILES string of the molecule is CCCCCCCCc1cc(-c2ccc(-c3cc(/C=C(\C#N)C(=O)O)cc(/C=C(\C#N)C(=O)O)c3)c3nsnc23)sc1-c1ccc(N(c2ccccc2)c2ccccc2)cc1. The number of nitrogens with zero attached hydrogens (tertiary/aromatic N) is 5. The Labute approximate surface area is 362 Å². The molecule has 2 N–H and O–H groups in total. The molecule has 0 amide bonds. The zero-order chi connectivity index (χ0) is 42.7. The van der Waals surface area contributed by atoms with Crippen LogP contribution in [0.1, 0.15) is 62.1 Å². The largest absolute Gasteiger partial charge is 0.477 e. The molecule has 0 bridgehead atoms. The van der Waals surface area contributed by atoms with E-state index in [0.717, 1.165) is 64.1 Å². The third-order valence-corrected chi connectivity index (χ3v) is 12.1. The molecule has 0 saturated heterocycles. The fraction of sp³-hybridized carbons (Fsp3) is 0.160. The van der Waals surface area contributed by atoms with Gasteiger partial charge in [-0.2, -0.15) is 19.3 Å². The summed E-state index contributed by atoms with van der Waals surface area (Å²) < 4.78 is 9.47. The van der Waals surface area contributed by atoms with E-state index in [-0.39, 0.29) is 0 Å². The van der Waals surface area contributed by atoms with Crippen molar-refractivity contribution in [3.63, 3.8) is 0 Å². The predicted molar refractivity (Wildman–Crippen MR) is 246 cm³/mol. The van der Waals surface area contributed by atoms with E-state index >= 15 is 0 Å². The number of unbranched alkanes of at least 4 members (excludes halogenated alkanes) is 5. The average molecular weight is 840 g/mol. The fourth-order valence-electron chi connectivity index (χ4n) is 7.36. The molecular formula is C50H41N5O4S2. The van der Waals surface area contributed by atoms with Crippen LogP contribution >= 0.6 is 23.1 Å². The summed E-state index contributed by atoms with van der Waals surface area (Å²) in [5.41, 5.74) is 8.82. The van der Waals surface area contributed by atoms with Crippen LogP contribution in [-0.4, -0.2) is 30.9 Å². The molecule has 9 nitrogen and oxygen atoms in total. The fourth-order valence-corrected chi connectivity index (χ4v) is 9.18. The highest BCUT2D eigenvalue weighted by Gasteiger charge is 2.20. The van der Waals surface area contributed by atoms with Crippen LogP contribution in [0.25, 0.3) is 55.2 Å². The number of hydrogen-bond acceptors (Lipinski definition) is 9. The number of hydrogen-bond donors (Lipinski definition) is 2. The lowest BCUT2D eigenvalue weighted by Crippen LogP contribution is -2.09. The Balaban J connectivity index is 1.29. The Morgan fingerprint density at radius 3 is 1.72 bits per heavy atom. The second kappa shape index (κ2) is 19.7. The quantitative estimate of drug-likeness (QED) is 0.0518. The van der Waals surface area contributed by atoms with E-state index in [9.17, 15) is 30.3 Å². The van der Waals surface area contributed by atoms with Gasteiger partial charge in [0.1, 0.15) is 34.3 Å². The number of anilines is 3. The van der Waals surface area contributed by atoms with Crippen LogP contribution in [0.4, 0.5) is 17.1 Å². The van der Waals surface area contributed by atoms with Crippen molar-refractivity contribution in [2.45, 2.75) is 51.9 Å². The van der Waals surface area contributed by atoms with Crippen LogP contribution in [0.2, 0.25) is 0 Å². The third-order valence-electron chi connectivity index (χ3n) is 10.3. The minimum Gasteiger partial charge on any atom is -0.477 e. The first kappa shape index (κ1) is 42.0. The molecule has 0 saturated carbocycles. The van der Waals surface area contributed by atoms with Gasteiger partial charge in [0.05, 0.1) is 11.7 Å². The van der Waals surface area contributed by atoms with E-state index in [0.29, 0.717) is 33.3 Å². The van der Waals surface area contributed by atoms with Gasteiger partial charge >= 0.3 is 11.9 Å². The standard InChI is InChI=1S/C50H41N5O4S2/c1-2-3-4-5-6-9-14-36-30-45(60-48(36)35-19-21-42(22-20-35)55(40-15-10-7-11-16-40)41-17-12-8-13-18-41)44-24-23-43(46-47(44)54-61-53-46)37-26-33(28-38(31-51)49(56)57)25-34(27-37)29-39(32-52)50(58)59/h7-8,10-13,15-30H,2-6,9,14H2,1H3,(H,56,57)(H,58,59)/b38-28+,39-29+. The Morgan fingerprint density at radius 1 is 0.639 bits per heavy atom. The molecule has 0 atom stereocenters. The summed E-state index contributed by atoms with van der Waals surface area (Å²) in [5, 5.41) is 38.1. The smallest absolute Gasteiger partial charge is 0.346 e. The summed E-state index contributed by atoms with van der Waals surface area (Å²) in [6.45, 7) is 2.23. The summed E-state index contributed by atoms with van der Waals surface area (Å²) in [6, 6.07) is 44.0. The number of thiophene rings is 1. The number of aryl methyl sites for hydroxylation is 1. The van der Waals surface area contributed by atoms with Gasteiger partial charge in [-0.25, -0.2) is 9.59 Å². The summed E-state index contributed by atoms with van der Waals surface area (Å²) in [4.78, 5) is 28.0. The number of nitriles is 2. The maximum absolute atomic E-state index is 11.7. The highest BCUT2D eigenvalue weighted by Crippen LogP contribution is 2.44. The van der Waals surface area contributed by atoms with Gasteiger partial charge in [-0.15, -0.1) is 11.3 Å². The van der Waals surface area contributed by atoms with E-state index in [2.05, 4.69) is 66.4 Å². The van der Waals surface area contributed by atoms with Crippen LogP contribution in [0.5, 0.6) is 0 Å². The highest BCUT2D eigenvalue weighted by molar-refractivity contribution is 7.19. The highest BCUT2D eigenvalue weighted by atomic mass is 32.1. The zero-order valence-corrected chi connectivity index (χ0v) is 35.0. The van der Waals surface area contributed by atoms with Gasteiger partial charge in [0.2, 0.25) is 0 Å². The van der Waals surface area contributed by atoms with E-state index in [1.807, 2.05) is 48.5 Å². The molecule has 302 valence electrons. The summed E-state index contributed by atoms with van der Waals surface area (Å²) in [6.07, 6.45) is 10.5. The first-order valence-corrected chi connectivity index (χ1v) is 21.6. The second-order valence-corrected chi connectivity index (χ2v) is 16.1.